The first-order valence-electron chi connectivity index (χ1n) is 10.7. The third-order valence-electron chi connectivity index (χ3n) is 5.57. The molecule has 1 fully saturated rings. The summed E-state index contributed by atoms with van der Waals surface area (Å²) in [5.74, 6) is -1.38. The number of hydrogen-bond acceptors (Lipinski definition) is 5. The summed E-state index contributed by atoms with van der Waals surface area (Å²) >= 11 is 0. The van der Waals surface area contributed by atoms with E-state index >= 15 is 0 Å². The van der Waals surface area contributed by atoms with Gasteiger partial charge in [-0.05, 0) is 73.0 Å². The number of rotatable bonds is 6. The average molecular weight is 449 g/mol. The quantitative estimate of drug-likeness (QED) is 0.302. The van der Waals surface area contributed by atoms with E-state index in [4.69, 9.17) is 9.15 Å². The van der Waals surface area contributed by atoms with Crippen LogP contribution in [0.25, 0.3) is 5.76 Å². The number of aliphatic hydroxyl groups excluding tert-OH is 1. The normalized spacial score (nSPS) is 17.7. The topological polar surface area (TPSA) is 80.0 Å². The highest BCUT2D eigenvalue weighted by molar-refractivity contribution is 6.51. The van der Waals surface area contributed by atoms with Crippen molar-refractivity contribution < 1.29 is 28.2 Å². The van der Waals surface area contributed by atoms with E-state index in [9.17, 15) is 19.1 Å². The Morgan fingerprint density at radius 2 is 1.88 bits per heavy atom. The van der Waals surface area contributed by atoms with Gasteiger partial charge in [-0.25, -0.2) is 4.39 Å². The molecular formula is C26H24FNO5. The zero-order valence-corrected chi connectivity index (χ0v) is 18.5. The van der Waals surface area contributed by atoms with Crippen molar-refractivity contribution in [3.05, 3.63) is 89.1 Å². The molecule has 0 radical (unpaired) electrons. The first-order valence-corrected chi connectivity index (χ1v) is 10.7. The molecule has 0 bridgehead atoms. The molecule has 1 amide bonds. The molecule has 1 atom stereocenters. The summed E-state index contributed by atoms with van der Waals surface area (Å²) in [5, 5.41) is 11.3. The van der Waals surface area contributed by atoms with Gasteiger partial charge in [0.2, 0.25) is 0 Å². The molecule has 4 rings (SSSR count). The summed E-state index contributed by atoms with van der Waals surface area (Å²) in [6, 6.07) is 12.6. The second-order valence-corrected chi connectivity index (χ2v) is 8.00. The first kappa shape index (κ1) is 22.3. The standard InChI is InChI=1S/C26H24FNO5/c1-4-32-20-12-7-16(14-19(20)15(2)3)24(29)22-23(21-6-5-13-33-21)28(26(31)25(22)30)18-10-8-17(27)9-11-18/h5-15,23,29H,4H2,1-3H3/b24-22-. The number of furan rings is 1. The van der Waals surface area contributed by atoms with Crippen molar-refractivity contribution in [2.45, 2.75) is 32.7 Å². The number of carbonyl (C=O) groups is 2. The number of nitrogens with zero attached hydrogens (tertiary/aromatic N) is 1. The molecule has 1 aliphatic rings. The minimum atomic E-state index is -1.00. The molecule has 1 saturated heterocycles. The summed E-state index contributed by atoms with van der Waals surface area (Å²) in [4.78, 5) is 27.4. The minimum absolute atomic E-state index is 0.0989. The summed E-state index contributed by atoms with van der Waals surface area (Å²) in [7, 11) is 0. The van der Waals surface area contributed by atoms with Crippen molar-refractivity contribution in [2.24, 2.45) is 0 Å². The van der Waals surface area contributed by atoms with Crippen molar-refractivity contribution >= 4 is 23.1 Å². The third kappa shape index (κ3) is 4.02. The number of halogens is 1. The molecule has 6 nitrogen and oxygen atoms in total. The maximum atomic E-state index is 13.5. The molecule has 1 N–H and O–H groups in total. The number of hydrogen-bond donors (Lipinski definition) is 1. The van der Waals surface area contributed by atoms with Crippen LogP contribution in [0.15, 0.2) is 70.9 Å². The Kier molecular flexibility index (Phi) is 6.05. The van der Waals surface area contributed by atoms with Gasteiger partial charge in [0.15, 0.2) is 0 Å². The van der Waals surface area contributed by atoms with Crippen molar-refractivity contribution in [3.63, 3.8) is 0 Å². The number of aliphatic hydroxyl groups is 1. The van der Waals surface area contributed by atoms with Gasteiger partial charge in [-0.1, -0.05) is 13.8 Å². The number of benzene rings is 2. The average Bonchev–Trinajstić information content (AvgIpc) is 3.41. The number of Topliss-reactive ketones (excluding diaryl/α,β-unsaturated/α-hetero) is 1. The van der Waals surface area contributed by atoms with Gasteiger partial charge in [-0.3, -0.25) is 14.5 Å². The Balaban J connectivity index is 1.89. The lowest BCUT2D eigenvalue weighted by Crippen LogP contribution is -2.29. The highest BCUT2D eigenvalue weighted by Crippen LogP contribution is 2.43. The third-order valence-corrected chi connectivity index (χ3v) is 5.57. The number of anilines is 1. The van der Waals surface area contributed by atoms with Crippen LogP contribution in [-0.4, -0.2) is 23.4 Å². The molecule has 170 valence electrons. The van der Waals surface area contributed by atoms with E-state index < -0.39 is 23.5 Å². The Morgan fingerprint density at radius 3 is 2.48 bits per heavy atom. The van der Waals surface area contributed by atoms with Crippen LogP contribution >= 0.6 is 0 Å². The Bertz CT molecular complexity index is 1210. The second kappa shape index (κ2) is 8.94. The second-order valence-electron chi connectivity index (χ2n) is 8.00. The molecular weight excluding hydrogens is 425 g/mol. The number of amides is 1. The summed E-state index contributed by atoms with van der Waals surface area (Å²) < 4.78 is 24.7. The van der Waals surface area contributed by atoms with Gasteiger partial charge in [0.05, 0.1) is 18.4 Å². The van der Waals surface area contributed by atoms with Crippen molar-refractivity contribution in [1.29, 1.82) is 0 Å². The fraction of sp³-hybridized carbons (Fsp3) is 0.231. The highest BCUT2D eigenvalue weighted by atomic mass is 19.1. The van der Waals surface area contributed by atoms with E-state index in [0.29, 0.717) is 29.4 Å². The lowest BCUT2D eigenvalue weighted by atomic mass is 9.95. The molecule has 1 aliphatic heterocycles. The zero-order valence-electron chi connectivity index (χ0n) is 18.5. The van der Waals surface area contributed by atoms with Gasteiger partial charge in [0.25, 0.3) is 11.7 Å². The minimum Gasteiger partial charge on any atom is -0.507 e. The molecule has 3 aromatic rings. The van der Waals surface area contributed by atoms with Crippen LogP contribution in [0.5, 0.6) is 5.75 Å². The van der Waals surface area contributed by atoms with Gasteiger partial charge in [0, 0.05) is 11.3 Å². The summed E-state index contributed by atoms with van der Waals surface area (Å²) in [6.45, 7) is 6.38. The SMILES string of the molecule is CCOc1ccc(/C(O)=C2/C(=O)C(=O)N(c3ccc(F)cc3)C2c2ccco2)cc1C(C)C. The van der Waals surface area contributed by atoms with Gasteiger partial charge < -0.3 is 14.3 Å². The molecule has 1 aromatic heterocycles. The van der Waals surface area contributed by atoms with Crippen LogP contribution < -0.4 is 9.64 Å². The smallest absolute Gasteiger partial charge is 0.300 e. The molecule has 1 unspecified atom stereocenters. The van der Waals surface area contributed by atoms with Crippen LogP contribution in [-0.2, 0) is 9.59 Å². The zero-order chi connectivity index (χ0) is 23.7. The summed E-state index contributed by atoms with van der Waals surface area (Å²) in [5.41, 5.74) is 1.46. The Morgan fingerprint density at radius 1 is 1.15 bits per heavy atom. The molecule has 0 saturated carbocycles. The van der Waals surface area contributed by atoms with E-state index in [1.165, 1.54) is 35.4 Å². The van der Waals surface area contributed by atoms with Crippen LogP contribution in [0.2, 0.25) is 0 Å². The van der Waals surface area contributed by atoms with Crippen LogP contribution in [0.4, 0.5) is 10.1 Å². The number of ketones is 1. The fourth-order valence-corrected chi connectivity index (χ4v) is 4.01. The predicted octanol–water partition coefficient (Wildman–Crippen LogP) is 5.57. The van der Waals surface area contributed by atoms with Crippen LogP contribution in [0.1, 0.15) is 49.6 Å². The lowest BCUT2D eigenvalue weighted by molar-refractivity contribution is -0.132. The van der Waals surface area contributed by atoms with Crippen molar-refractivity contribution in [1.82, 2.24) is 0 Å². The predicted molar refractivity (Wildman–Crippen MR) is 122 cm³/mol. The van der Waals surface area contributed by atoms with Crippen molar-refractivity contribution in [2.75, 3.05) is 11.5 Å². The van der Waals surface area contributed by atoms with Crippen molar-refractivity contribution in [3.8, 4) is 5.75 Å². The monoisotopic (exact) mass is 449 g/mol. The maximum absolute atomic E-state index is 13.5. The van der Waals surface area contributed by atoms with Gasteiger partial charge >= 0.3 is 0 Å². The largest absolute Gasteiger partial charge is 0.507 e. The molecule has 0 aliphatic carbocycles. The van der Waals surface area contributed by atoms with Crippen LogP contribution in [0, 0.1) is 5.82 Å². The van der Waals surface area contributed by atoms with Gasteiger partial charge in [-0.15, -0.1) is 0 Å². The molecule has 0 spiro atoms. The molecule has 2 aromatic carbocycles. The van der Waals surface area contributed by atoms with Crippen LogP contribution in [0.3, 0.4) is 0 Å². The number of carbonyl (C=O) groups excluding carboxylic acids is 2. The van der Waals surface area contributed by atoms with Gasteiger partial charge in [-0.2, -0.15) is 0 Å². The molecule has 7 heteroatoms. The molecule has 2 heterocycles. The van der Waals surface area contributed by atoms with E-state index in [-0.39, 0.29) is 17.3 Å². The van der Waals surface area contributed by atoms with E-state index in [0.717, 1.165) is 5.56 Å². The lowest BCUT2D eigenvalue weighted by Gasteiger charge is -2.23. The first-order chi connectivity index (χ1) is 15.8. The van der Waals surface area contributed by atoms with E-state index in [1.54, 1.807) is 30.3 Å². The van der Waals surface area contributed by atoms with Gasteiger partial charge in [0.1, 0.15) is 29.1 Å². The summed E-state index contributed by atoms with van der Waals surface area (Å²) in [6.07, 6.45) is 1.42. The molecule has 33 heavy (non-hydrogen) atoms. The Labute approximate surface area is 190 Å². The number of ether oxygens (including phenoxy) is 1. The van der Waals surface area contributed by atoms with E-state index in [2.05, 4.69) is 0 Å². The highest BCUT2D eigenvalue weighted by Gasteiger charge is 2.48. The Hall–Kier alpha value is -3.87. The maximum Gasteiger partial charge on any atom is 0.300 e. The van der Waals surface area contributed by atoms with E-state index in [1.807, 2.05) is 20.8 Å². The fourth-order valence-electron chi connectivity index (χ4n) is 4.01.